The van der Waals surface area contributed by atoms with E-state index in [1.165, 1.54) is 0 Å². The molecule has 0 saturated heterocycles. The van der Waals surface area contributed by atoms with E-state index in [0.29, 0.717) is 29.9 Å². The first-order valence-corrected chi connectivity index (χ1v) is 8.48. The summed E-state index contributed by atoms with van der Waals surface area (Å²) in [5.74, 6) is -0.349. The molecule has 1 aliphatic rings. The van der Waals surface area contributed by atoms with Crippen molar-refractivity contribution in [2.45, 2.75) is 13.0 Å². The van der Waals surface area contributed by atoms with Crippen LogP contribution in [0.3, 0.4) is 0 Å². The molecule has 2 amide bonds. The van der Waals surface area contributed by atoms with E-state index in [1.54, 1.807) is 23.1 Å². The molecule has 1 aliphatic heterocycles. The molecule has 2 heterocycles. The first-order valence-electron chi connectivity index (χ1n) is 8.48. The van der Waals surface area contributed by atoms with Gasteiger partial charge in [0.25, 0.3) is 11.8 Å². The largest absolute Gasteiger partial charge is 0.352 e. The smallest absolute Gasteiger partial charge is 0.258 e. The summed E-state index contributed by atoms with van der Waals surface area (Å²) in [6.45, 7) is 1.26. The average Bonchev–Trinajstić information content (AvgIpc) is 3.12. The Morgan fingerprint density at radius 1 is 1.19 bits per heavy atom. The highest BCUT2D eigenvalue weighted by Gasteiger charge is 2.17. The molecule has 0 aliphatic carbocycles. The van der Waals surface area contributed by atoms with E-state index in [2.05, 4.69) is 15.7 Å². The van der Waals surface area contributed by atoms with E-state index in [-0.39, 0.29) is 11.8 Å². The van der Waals surface area contributed by atoms with Crippen LogP contribution < -0.4 is 10.6 Å². The predicted octanol–water partition coefficient (Wildman–Crippen LogP) is 2.47. The van der Waals surface area contributed by atoms with Crippen LogP contribution in [0.1, 0.15) is 31.8 Å². The maximum atomic E-state index is 12.5. The van der Waals surface area contributed by atoms with Gasteiger partial charge in [-0.2, -0.15) is 5.10 Å². The Labute approximate surface area is 150 Å². The molecule has 0 spiro atoms. The number of nitrogens with one attached hydrogen (secondary N) is 2. The molecule has 26 heavy (non-hydrogen) atoms. The quantitative estimate of drug-likeness (QED) is 0.762. The first-order chi connectivity index (χ1) is 12.7. The van der Waals surface area contributed by atoms with Crippen LogP contribution in [-0.2, 0) is 13.0 Å². The Morgan fingerprint density at radius 3 is 2.88 bits per heavy atom. The zero-order valence-electron chi connectivity index (χ0n) is 14.1. The first kappa shape index (κ1) is 16.1. The lowest BCUT2D eigenvalue weighted by Gasteiger charge is -2.17. The minimum atomic E-state index is -0.250. The summed E-state index contributed by atoms with van der Waals surface area (Å²) < 4.78 is 1.73. The Morgan fingerprint density at radius 2 is 2.04 bits per heavy atom. The molecule has 0 radical (unpaired) electrons. The molecule has 0 fully saturated rings. The van der Waals surface area contributed by atoms with Crippen molar-refractivity contribution in [3.63, 3.8) is 0 Å². The number of fused-ring (bicyclic) bond motifs is 1. The van der Waals surface area contributed by atoms with Crippen molar-refractivity contribution in [3.8, 4) is 0 Å². The summed E-state index contributed by atoms with van der Waals surface area (Å²) in [5.41, 5.74) is 3.81. The number of benzene rings is 2. The number of aromatic nitrogens is 2. The Balaban J connectivity index is 1.47. The Kier molecular flexibility index (Phi) is 4.23. The van der Waals surface area contributed by atoms with Gasteiger partial charge in [0.05, 0.1) is 18.3 Å². The normalized spacial score (nSPS) is 13.0. The highest BCUT2D eigenvalue weighted by atomic mass is 16.2. The van der Waals surface area contributed by atoms with Crippen LogP contribution in [-0.4, -0.2) is 28.1 Å². The van der Waals surface area contributed by atoms with Crippen LogP contribution in [0.25, 0.3) is 0 Å². The van der Waals surface area contributed by atoms with Gasteiger partial charge in [-0.25, -0.2) is 0 Å². The van der Waals surface area contributed by atoms with Crippen LogP contribution in [0.4, 0.5) is 5.69 Å². The molecular weight excluding hydrogens is 328 g/mol. The Hall–Kier alpha value is -3.41. The number of anilines is 1. The number of nitrogens with zero attached hydrogens (tertiary/aromatic N) is 2. The van der Waals surface area contributed by atoms with Gasteiger partial charge in [-0.05, 0) is 29.7 Å². The van der Waals surface area contributed by atoms with E-state index in [1.807, 2.05) is 42.5 Å². The van der Waals surface area contributed by atoms with Gasteiger partial charge in [0.15, 0.2) is 0 Å². The van der Waals surface area contributed by atoms with E-state index in [9.17, 15) is 9.59 Å². The second kappa shape index (κ2) is 6.84. The van der Waals surface area contributed by atoms with Crippen molar-refractivity contribution in [1.82, 2.24) is 15.1 Å². The van der Waals surface area contributed by atoms with Crippen molar-refractivity contribution in [2.75, 3.05) is 11.9 Å². The molecule has 2 aromatic carbocycles. The van der Waals surface area contributed by atoms with Crippen molar-refractivity contribution in [3.05, 3.63) is 83.2 Å². The van der Waals surface area contributed by atoms with E-state index in [0.717, 1.165) is 17.5 Å². The van der Waals surface area contributed by atoms with Crippen molar-refractivity contribution < 1.29 is 9.59 Å². The number of hydrogen-bond donors (Lipinski definition) is 2. The van der Waals surface area contributed by atoms with Gasteiger partial charge >= 0.3 is 0 Å². The van der Waals surface area contributed by atoms with Gasteiger partial charge in [-0.3, -0.25) is 14.3 Å². The molecule has 6 heteroatoms. The van der Waals surface area contributed by atoms with Gasteiger partial charge in [-0.15, -0.1) is 0 Å². The zero-order valence-corrected chi connectivity index (χ0v) is 14.1. The molecule has 4 rings (SSSR count). The monoisotopic (exact) mass is 346 g/mol. The summed E-state index contributed by atoms with van der Waals surface area (Å²) in [4.78, 5) is 24.4. The molecule has 130 valence electrons. The minimum absolute atomic E-state index is 0.0990. The van der Waals surface area contributed by atoms with E-state index in [4.69, 9.17) is 0 Å². The zero-order chi connectivity index (χ0) is 17.9. The molecule has 0 bridgehead atoms. The number of rotatable bonds is 4. The number of carbonyl (C=O) groups is 2. The minimum Gasteiger partial charge on any atom is -0.352 e. The molecule has 0 unspecified atom stereocenters. The van der Waals surface area contributed by atoms with E-state index >= 15 is 0 Å². The molecule has 3 aromatic rings. The SMILES string of the molecule is O=C(Nc1ccc2c(c1)C(=O)NCC2)c1cnn(Cc2ccccc2)c1. The highest BCUT2D eigenvalue weighted by molar-refractivity contribution is 6.05. The number of hydrogen-bond acceptors (Lipinski definition) is 3. The fraction of sp³-hybridized carbons (Fsp3) is 0.150. The van der Waals surface area contributed by atoms with Crippen LogP contribution in [0.2, 0.25) is 0 Å². The molecule has 0 atom stereocenters. The van der Waals surface area contributed by atoms with Gasteiger partial charge in [0, 0.05) is 24.0 Å². The lowest BCUT2D eigenvalue weighted by molar-refractivity contribution is 0.0944. The third-order valence-electron chi connectivity index (χ3n) is 4.38. The molecule has 2 N–H and O–H groups in total. The standard InChI is InChI=1S/C20H18N4O2/c25-19(16-11-22-24(13-16)12-14-4-2-1-3-5-14)23-17-7-6-15-8-9-21-20(26)18(15)10-17/h1-7,10-11,13H,8-9,12H2,(H,21,26)(H,23,25). The topological polar surface area (TPSA) is 76.0 Å². The van der Waals surface area contributed by atoms with E-state index < -0.39 is 0 Å². The second-order valence-corrected chi connectivity index (χ2v) is 6.24. The predicted molar refractivity (Wildman–Crippen MR) is 98.2 cm³/mol. The van der Waals surface area contributed by atoms with Crippen molar-refractivity contribution >= 4 is 17.5 Å². The summed E-state index contributed by atoms with van der Waals surface area (Å²) in [6.07, 6.45) is 4.07. The van der Waals surface area contributed by atoms with Crippen LogP contribution in [0.5, 0.6) is 0 Å². The fourth-order valence-electron chi connectivity index (χ4n) is 3.03. The highest BCUT2D eigenvalue weighted by Crippen LogP contribution is 2.19. The molecular formula is C20H18N4O2. The fourth-order valence-corrected chi connectivity index (χ4v) is 3.03. The molecule has 6 nitrogen and oxygen atoms in total. The number of amides is 2. The van der Waals surface area contributed by atoms with Gasteiger partial charge in [0.2, 0.25) is 0 Å². The molecule has 0 saturated carbocycles. The number of carbonyl (C=O) groups excluding carboxylic acids is 2. The summed E-state index contributed by atoms with van der Waals surface area (Å²) >= 11 is 0. The lowest BCUT2D eigenvalue weighted by atomic mass is 10.00. The van der Waals surface area contributed by atoms with Crippen molar-refractivity contribution in [2.24, 2.45) is 0 Å². The lowest BCUT2D eigenvalue weighted by Crippen LogP contribution is -2.31. The van der Waals surface area contributed by atoms with Gasteiger partial charge in [-0.1, -0.05) is 36.4 Å². The summed E-state index contributed by atoms with van der Waals surface area (Å²) in [6, 6.07) is 15.4. The average molecular weight is 346 g/mol. The maximum Gasteiger partial charge on any atom is 0.258 e. The Bertz CT molecular complexity index is 963. The maximum absolute atomic E-state index is 12.5. The second-order valence-electron chi connectivity index (χ2n) is 6.24. The third-order valence-corrected chi connectivity index (χ3v) is 4.38. The van der Waals surface area contributed by atoms with Gasteiger partial charge in [0.1, 0.15) is 0 Å². The van der Waals surface area contributed by atoms with Crippen LogP contribution in [0.15, 0.2) is 60.9 Å². The third kappa shape index (κ3) is 3.35. The van der Waals surface area contributed by atoms with Crippen LogP contribution >= 0.6 is 0 Å². The molecule has 1 aromatic heterocycles. The van der Waals surface area contributed by atoms with Crippen molar-refractivity contribution in [1.29, 1.82) is 0 Å². The summed E-state index contributed by atoms with van der Waals surface area (Å²) in [7, 11) is 0. The van der Waals surface area contributed by atoms with Gasteiger partial charge < -0.3 is 10.6 Å². The van der Waals surface area contributed by atoms with Crippen LogP contribution in [0, 0.1) is 0 Å². The summed E-state index contributed by atoms with van der Waals surface area (Å²) in [5, 5.41) is 9.89.